The second-order valence-electron chi connectivity index (χ2n) is 12.3. The second kappa shape index (κ2) is 13.9. The van der Waals surface area contributed by atoms with E-state index in [2.05, 4.69) is 50.1 Å². The third kappa shape index (κ3) is 8.20. The maximum Gasteiger partial charge on any atom is 0.404 e. The Morgan fingerprint density at radius 3 is 2.66 bits per heavy atom. The normalized spacial score (nSPS) is 15.8. The number of carboxylic acid groups (broad SMARTS) is 1. The van der Waals surface area contributed by atoms with Crippen LogP contribution in [0.3, 0.4) is 0 Å². The minimum atomic E-state index is -1.23. The Morgan fingerprint density at radius 1 is 1.11 bits per heavy atom. The number of nitrogens with zero attached hydrogens (tertiary/aromatic N) is 5. The molecule has 5 rings (SSSR count). The highest BCUT2D eigenvalue weighted by Crippen LogP contribution is 2.31. The topological polar surface area (TPSA) is 134 Å². The van der Waals surface area contributed by atoms with Gasteiger partial charge < -0.3 is 25.0 Å². The van der Waals surface area contributed by atoms with E-state index in [9.17, 15) is 9.59 Å². The molecule has 44 heavy (non-hydrogen) atoms. The Hall–Kier alpha value is -3.84. The van der Waals surface area contributed by atoms with Crippen molar-refractivity contribution >= 4 is 48.4 Å². The molecule has 1 aliphatic rings. The van der Waals surface area contributed by atoms with Crippen molar-refractivity contribution in [3.63, 3.8) is 0 Å². The molecule has 1 fully saturated rings. The number of carbonyl (C=O) groups is 2. The molecule has 2 amide bonds. The Labute approximate surface area is 262 Å². The SMILES string of the molecule is C[Si](C)(C)CCOCn1c(-c2ccc(NC(=O)c3cc(CN4CCCC(NC(=O)O)C4)ccn3)cc2)cc2c(Cl)ncnc21. The Bertz CT molecular complexity index is 1620. The number of carbonyl (C=O) groups excluding carboxylic acids is 1. The number of aromatic nitrogens is 4. The molecule has 1 atom stereocenters. The lowest BCUT2D eigenvalue weighted by molar-refractivity contribution is 0.0909. The number of likely N-dealkylation sites (tertiary alicyclic amines) is 1. The Kier molecular flexibility index (Phi) is 9.94. The molecule has 1 aliphatic heterocycles. The summed E-state index contributed by atoms with van der Waals surface area (Å²) in [6, 6.07) is 14.2. The summed E-state index contributed by atoms with van der Waals surface area (Å²) in [5.74, 6) is -0.310. The summed E-state index contributed by atoms with van der Waals surface area (Å²) in [6.07, 6.45) is 3.81. The number of hydrogen-bond donors (Lipinski definition) is 3. The van der Waals surface area contributed by atoms with Crippen LogP contribution in [-0.4, -0.2) is 75.3 Å². The monoisotopic (exact) mass is 635 g/mol. The molecule has 1 saturated heterocycles. The van der Waals surface area contributed by atoms with Gasteiger partial charge in [0.1, 0.15) is 29.6 Å². The maximum absolute atomic E-state index is 13.1. The minimum Gasteiger partial charge on any atom is -0.465 e. The summed E-state index contributed by atoms with van der Waals surface area (Å²) in [5.41, 5.74) is 4.40. The van der Waals surface area contributed by atoms with Crippen molar-refractivity contribution in [3.05, 3.63) is 71.4 Å². The van der Waals surface area contributed by atoms with E-state index in [1.807, 2.05) is 41.0 Å². The van der Waals surface area contributed by atoms with Crippen LogP contribution in [0.2, 0.25) is 30.8 Å². The number of piperidine rings is 1. The lowest BCUT2D eigenvalue weighted by atomic mass is 10.0. The van der Waals surface area contributed by atoms with Gasteiger partial charge in [-0.3, -0.25) is 14.7 Å². The molecule has 4 aromatic rings. The molecule has 1 aromatic carbocycles. The molecule has 0 bridgehead atoms. The molecule has 13 heteroatoms. The molecule has 0 aliphatic carbocycles. The van der Waals surface area contributed by atoms with Gasteiger partial charge in [-0.1, -0.05) is 43.4 Å². The van der Waals surface area contributed by atoms with Crippen LogP contribution in [-0.2, 0) is 18.0 Å². The summed E-state index contributed by atoms with van der Waals surface area (Å²) in [4.78, 5) is 39.2. The summed E-state index contributed by atoms with van der Waals surface area (Å²) < 4.78 is 8.07. The minimum absolute atomic E-state index is 0.0949. The first-order valence-electron chi connectivity index (χ1n) is 14.7. The number of amides is 2. The molecule has 3 aromatic heterocycles. The summed E-state index contributed by atoms with van der Waals surface area (Å²) in [5, 5.41) is 15.7. The van der Waals surface area contributed by atoms with Gasteiger partial charge in [-0.15, -0.1) is 0 Å². The van der Waals surface area contributed by atoms with Gasteiger partial charge in [0, 0.05) is 45.7 Å². The van der Waals surface area contributed by atoms with Crippen LogP contribution in [0.15, 0.2) is 55.0 Å². The van der Waals surface area contributed by atoms with Crippen LogP contribution < -0.4 is 10.6 Å². The standard InChI is InChI=1S/C31H38ClN7O4Si/c1-44(2,3)14-13-43-20-39-27(16-25-28(32)34-19-35-29(25)39)22-6-8-23(9-7-22)36-30(40)26-15-21(10-11-33-26)17-38-12-4-5-24(18-38)37-31(41)42/h6-11,15-16,19,24,37H,4-5,12-14,17-18,20H2,1-3H3,(H,36,40)(H,41,42). The van der Waals surface area contributed by atoms with Gasteiger partial charge in [-0.25, -0.2) is 14.8 Å². The number of rotatable bonds is 11. The fraction of sp³-hybridized carbons (Fsp3) is 0.387. The van der Waals surface area contributed by atoms with Crippen LogP contribution in [0.5, 0.6) is 0 Å². The van der Waals surface area contributed by atoms with Crippen molar-refractivity contribution in [3.8, 4) is 11.3 Å². The average molecular weight is 636 g/mol. The Balaban J connectivity index is 1.26. The number of pyridine rings is 1. The van der Waals surface area contributed by atoms with E-state index in [4.69, 9.17) is 21.4 Å². The van der Waals surface area contributed by atoms with E-state index in [0.717, 1.165) is 47.6 Å². The highest BCUT2D eigenvalue weighted by atomic mass is 35.5. The third-order valence-corrected chi connectivity index (χ3v) is 9.60. The van der Waals surface area contributed by atoms with E-state index in [0.29, 0.717) is 48.6 Å². The largest absolute Gasteiger partial charge is 0.465 e. The predicted molar refractivity (Wildman–Crippen MR) is 174 cm³/mol. The third-order valence-electron chi connectivity index (χ3n) is 7.59. The molecular weight excluding hydrogens is 598 g/mol. The van der Waals surface area contributed by atoms with Crippen molar-refractivity contribution < 1.29 is 19.4 Å². The molecule has 4 heterocycles. The number of halogens is 1. The van der Waals surface area contributed by atoms with Crippen LogP contribution in [0.1, 0.15) is 28.9 Å². The zero-order chi connectivity index (χ0) is 31.3. The first kappa shape index (κ1) is 31.6. The molecule has 1 unspecified atom stereocenters. The van der Waals surface area contributed by atoms with Gasteiger partial charge in [0.15, 0.2) is 0 Å². The fourth-order valence-electron chi connectivity index (χ4n) is 5.30. The van der Waals surface area contributed by atoms with Crippen LogP contribution in [0.25, 0.3) is 22.3 Å². The molecule has 0 saturated carbocycles. The molecular formula is C31H38ClN7O4Si. The molecule has 3 N–H and O–H groups in total. The number of benzene rings is 1. The van der Waals surface area contributed by atoms with Crippen molar-refractivity contribution in [2.45, 2.75) is 57.8 Å². The molecule has 11 nitrogen and oxygen atoms in total. The summed E-state index contributed by atoms with van der Waals surface area (Å²) >= 11 is 6.40. The summed E-state index contributed by atoms with van der Waals surface area (Å²) in [6.45, 7) is 10.1. The van der Waals surface area contributed by atoms with Crippen LogP contribution in [0.4, 0.5) is 10.5 Å². The van der Waals surface area contributed by atoms with E-state index in [-0.39, 0.29) is 11.9 Å². The van der Waals surface area contributed by atoms with E-state index < -0.39 is 14.2 Å². The zero-order valence-corrected chi connectivity index (χ0v) is 27.0. The second-order valence-corrected chi connectivity index (χ2v) is 18.3. The fourth-order valence-corrected chi connectivity index (χ4v) is 6.24. The highest BCUT2D eigenvalue weighted by Gasteiger charge is 2.22. The van der Waals surface area contributed by atoms with Gasteiger partial charge in [-0.05, 0) is 66.9 Å². The van der Waals surface area contributed by atoms with Crippen molar-refractivity contribution in [1.82, 2.24) is 29.7 Å². The number of fused-ring (bicyclic) bond motifs is 1. The number of hydrogen-bond acceptors (Lipinski definition) is 7. The van der Waals surface area contributed by atoms with Crippen molar-refractivity contribution in [1.29, 1.82) is 0 Å². The van der Waals surface area contributed by atoms with Crippen LogP contribution >= 0.6 is 11.6 Å². The molecule has 0 spiro atoms. The predicted octanol–water partition coefficient (Wildman–Crippen LogP) is 5.94. The van der Waals surface area contributed by atoms with Crippen molar-refractivity contribution in [2.24, 2.45) is 0 Å². The van der Waals surface area contributed by atoms with Gasteiger partial charge in [0.05, 0.1) is 11.1 Å². The first-order valence-corrected chi connectivity index (χ1v) is 18.8. The smallest absolute Gasteiger partial charge is 0.404 e. The van der Waals surface area contributed by atoms with Gasteiger partial charge in [-0.2, -0.15) is 0 Å². The van der Waals surface area contributed by atoms with Crippen LogP contribution in [0, 0.1) is 0 Å². The van der Waals surface area contributed by atoms with E-state index >= 15 is 0 Å². The number of ether oxygens (including phenoxy) is 1. The summed E-state index contributed by atoms with van der Waals surface area (Å²) in [7, 11) is -1.23. The maximum atomic E-state index is 13.1. The van der Waals surface area contributed by atoms with E-state index in [1.54, 1.807) is 12.3 Å². The van der Waals surface area contributed by atoms with Gasteiger partial charge >= 0.3 is 6.09 Å². The first-order chi connectivity index (χ1) is 21.1. The quantitative estimate of drug-likeness (QED) is 0.105. The van der Waals surface area contributed by atoms with E-state index in [1.165, 1.54) is 6.33 Å². The van der Waals surface area contributed by atoms with Gasteiger partial charge in [0.2, 0.25) is 0 Å². The Morgan fingerprint density at radius 2 is 1.91 bits per heavy atom. The van der Waals surface area contributed by atoms with Gasteiger partial charge in [0.25, 0.3) is 5.91 Å². The number of nitrogens with one attached hydrogen (secondary N) is 2. The zero-order valence-electron chi connectivity index (χ0n) is 25.2. The number of anilines is 1. The highest BCUT2D eigenvalue weighted by molar-refractivity contribution is 6.76. The van der Waals surface area contributed by atoms with Crippen molar-refractivity contribution in [2.75, 3.05) is 25.0 Å². The lowest BCUT2D eigenvalue weighted by Gasteiger charge is -2.32. The average Bonchev–Trinajstić information content (AvgIpc) is 3.35. The lowest BCUT2D eigenvalue weighted by Crippen LogP contribution is -2.46. The molecule has 232 valence electrons. The molecule has 0 radical (unpaired) electrons.